The van der Waals surface area contributed by atoms with Gasteiger partial charge < -0.3 is 14.2 Å². The Balaban J connectivity index is 2.22. The predicted octanol–water partition coefficient (Wildman–Crippen LogP) is 3.53. The average Bonchev–Trinajstić information content (AvgIpc) is 2.47. The summed E-state index contributed by atoms with van der Waals surface area (Å²) in [5.41, 5.74) is 0.459. The van der Waals surface area contributed by atoms with E-state index in [0.29, 0.717) is 17.1 Å². The first-order valence-corrected chi connectivity index (χ1v) is 6.92. The van der Waals surface area contributed by atoms with Gasteiger partial charge in [-0.15, -0.1) is 0 Å². The summed E-state index contributed by atoms with van der Waals surface area (Å²) < 4.78 is 16.5. The molecule has 2 rings (SSSR count). The van der Waals surface area contributed by atoms with E-state index in [-0.39, 0.29) is 0 Å². The maximum atomic E-state index is 12.1. The van der Waals surface area contributed by atoms with E-state index in [9.17, 15) is 4.79 Å². The predicted molar refractivity (Wildman–Crippen MR) is 83.7 cm³/mol. The van der Waals surface area contributed by atoms with Crippen LogP contribution < -0.4 is 14.2 Å². The van der Waals surface area contributed by atoms with E-state index in [2.05, 4.69) is 22.6 Å². The average molecular weight is 384 g/mol. The molecule has 0 saturated carbocycles. The molecule has 0 saturated heterocycles. The number of carbonyl (C=O) groups is 1. The fourth-order valence-corrected chi connectivity index (χ4v) is 2.39. The molecule has 0 aliphatic carbocycles. The molecule has 0 spiro atoms. The van der Waals surface area contributed by atoms with E-state index in [0.717, 1.165) is 9.32 Å². The van der Waals surface area contributed by atoms with Gasteiger partial charge in [-0.2, -0.15) is 0 Å². The van der Waals surface area contributed by atoms with Gasteiger partial charge in [-0.25, -0.2) is 4.79 Å². The summed E-state index contributed by atoms with van der Waals surface area (Å²) >= 11 is 2.11. The maximum Gasteiger partial charge on any atom is 0.343 e. The molecule has 0 atom stereocenters. The molecule has 0 heterocycles. The number of hydrogen-bond acceptors (Lipinski definition) is 4. The molecule has 0 aliphatic heterocycles. The molecule has 4 nitrogen and oxygen atoms in total. The highest BCUT2D eigenvalue weighted by Crippen LogP contribution is 2.27. The van der Waals surface area contributed by atoms with Crippen molar-refractivity contribution in [2.24, 2.45) is 0 Å². The minimum Gasteiger partial charge on any atom is -0.496 e. The van der Waals surface area contributed by atoms with Crippen LogP contribution in [-0.2, 0) is 0 Å². The molecular formula is C15H13IO4. The molecule has 0 aromatic heterocycles. The monoisotopic (exact) mass is 384 g/mol. The van der Waals surface area contributed by atoms with Gasteiger partial charge in [-0.05, 0) is 52.9 Å². The summed E-state index contributed by atoms with van der Waals surface area (Å²) in [4.78, 5) is 12.1. The van der Waals surface area contributed by atoms with Crippen LogP contribution in [0.3, 0.4) is 0 Å². The van der Waals surface area contributed by atoms with Gasteiger partial charge in [0, 0.05) is 0 Å². The molecule has 104 valence electrons. The zero-order chi connectivity index (χ0) is 14.5. The second kappa shape index (κ2) is 6.60. The van der Waals surface area contributed by atoms with Crippen molar-refractivity contribution in [2.75, 3.05) is 14.2 Å². The first-order chi connectivity index (χ1) is 9.65. The first-order valence-electron chi connectivity index (χ1n) is 5.84. The Labute approximate surface area is 130 Å². The molecule has 0 amide bonds. The van der Waals surface area contributed by atoms with Gasteiger partial charge in [0.1, 0.15) is 5.75 Å². The Morgan fingerprint density at radius 2 is 1.60 bits per heavy atom. The molecule has 20 heavy (non-hydrogen) atoms. The number of hydrogen-bond donors (Lipinski definition) is 0. The topological polar surface area (TPSA) is 44.8 Å². The lowest BCUT2D eigenvalue weighted by Gasteiger charge is -2.09. The summed E-state index contributed by atoms with van der Waals surface area (Å²) in [5.74, 6) is 1.20. The summed E-state index contributed by atoms with van der Waals surface area (Å²) in [6, 6.07) is 12.1. The molecule has 2 aromatic rings. The Morgan fingerprint density at radius 1 is 0.950 bits per heavy atom. The van der Waals surface area contributed by atoms with E-state index in [1.54, 1.807) is 43.5 Å². The summed E-state index contributed by atoms with van der Waals surface area (Å²) in [5, 5.41) is 0. The van der Waals surface area contributed by atoms with Gasteiger partial charge in [0.05, 0.1) is 23.4 Å². The molecule has 2 aromatic carbocycles. The molecular weight excluding hydrogens is 371 g/mol. The van der Waals surface area contributed by atoms with Crippen molar-refractivity contribution in [1.82, 2.24) is 0 Å². The lowest BCUT2D eigenvalue weighted by molar-refractivity contribution is 0.0729. The lowest BCUT2D eigenvalue weighted by atomic mass is 10.2. The Morgan fingerprint density at radius 3 is 2.20 bits per heavy atom. The van der Waals surface area contributed by atoms with Gasteiger partial charge in [0.25, 0.3) is 0 Å². The van der Waals surface area contributed by atoms with E-state index < -0.39 is 5.97 Å². The molecule has 0 aliphatic rings. The van der Waals surface area contributed by atoms with Crippen LogP contribution in [-0.4, -0.2) is 20.2 Å². The van der Waals surface area contributed by atoms with Crippen molar-refractivity contribution in [2.45, 2.75) is 0 Å². The van der Waals surface area contributed by atoms with Crippen LogP contribution in [0.15, 0.2) is 42.5 Å². The molecule has 0 N–H and O–H groups in total. The van der Waals surface area contributed by atoms with Crippen molar-refractivity contribution < 1.29 is 19.0 Å². The number of esters is 1. The summed E-state index contributed by atoms with van der Waals surface area (Å²) in [7, 11) is 3.12. The number of para-hydroxylation sites is 2. The van der Waals surface area contributed by atoms with Crippen molar-refractivity contribution >= 4 is 28.6 Å². The fourth-order valence-electron chi connectivity index (χ4n) is 1.66. The quantitative estimate of drug-likeness (QED) is 0.460. The third kappa shape index (κ3) is 3.22. The van der Waals surface area contributed by atoms with Crippen LogP contribution in [0.4, 0.5) is 0 Å². The van der Waals surface area contributed by atoms with Crippen LogP contribution in [0.5, 0.6) is 17.2 Å². The molecule has 0 radical (unpaired) electrons. The Kier molecular flexibility index (Phi) is 4.84. The van der Waals surface area contributed by atoms with Crippen LogP contribution >= 0.6 is 22.6 Å². The second-order valence-electron chi connectivity index (χ2n) is 3.89. The number of rotatable bonds is 4. The number of carbonyl (C=O) groups excluding carboxylic acids is 1. The number of halogens is 1. The highest BCUT2D eigenvalue weighted by Gasteiger charge is 2.13. The van der Waals surface area contributed by atoms with Crippen LogP contribution in [0, 0.1) is 3.57 Å². The number of ether oxygens (including phenoxy) is 3. The zero-order valence-corrected chi connectivity index (χ0v) is 13.2. The zero-order valence-electron chi connectivity index (χ0n) is 11.1. The number of benzene rings is 2. The molecule has 0 bridgehead atoms. The second-order valence-corrected chi connectivity index (χ2v) is 5.05. The van der Waals surface area contributed by atoms with Gasteiger partial charge in [-0.1, -0.05) is 12.1 Å². The number of methoxy groups -OCH3 is 2. The largest absolute Gasteiger partial charge is 0.496 e. The van der Waals surface area contributed by atoms with Crippen molar-refractivity contribution in [3.8, 4) is 17.2 Å². The fraction of sp³-hybridized carbons (Fsp3) is 0.133. The molecule has 0 fully saturated rings. The third-order valence-electron chi connectivity index (χ3n) is 2.66. The van der Waals surface area contributed by atoms with Crippen molar-refractivity contribution in [1.29, 1.82) is 0 Å². The Bertz CT molecular complexity index is 625. The van der Waals surface area contributed by atoms with Crippen molar-refractivity contribution in [3.63, 3.8) is 0 Å². The smallest absolute Gasteiger partial charge is 0.343 e. The molecule has 0 unspecified atom stereocenters. The van der Waals surface area contributed by atoms with Gasteiger partial charge in [0.2, 0.25) is 0 Å². The van der Waals surface area contributed by atoms with E-state index in [1.807, 2.05) is 6.07 Å². The van der Waals surface area contributed by atoms with E-state index >= 15 is 0 Å². The summed E-state index contributed by atoms with van der Waals surface area (Å²) in [6.45, 7) is 0. The maximum absolute atomic E-state index is 12.1. The lowest BCUT2D eigenvalue weighted by Crippen LogP contribution is -2.09. The van der Waals surface area contributed by atoms with Gasteiger partial charge in [0.15, 0.2) is 11.5 Å². The Hall–Kier alpha value is -1.76. The molecule has 5 heteroatoms. The van der Waals surface area contributed by atoms with Crippen LogP contribution in [0.25, 0.3) is 0 Å². The minimum atomic E-state index is -0.435. The normalized spacial score (nSPS) is 9.95. The highest BCUT2D eigenvalue weighted by atomic mass is 127. The third-order valence-corrected chi connectivity index (χ3v) is 3.50. The first kappa shape index (κ1) is 14.6. The van der Waals surface area contributed by atoms with Crippen molar-refractivity contribution in [3.05, 3.63) is 51.6 Å². The van der Waals surface area contributed by atoms with Crippen LogP contribution in [0.1, 0.15) is 10.4 Å². The van der Waals surface area contributed by atoms with Gasteiger partial charge in [-0.3, -0.25) is 0 Å². The van der Waals surface area contributed by atoms with E-state index in [4.69, 9.17) is 14.2 Å². The highest BCUT2D eigenvalue weighted by molar-refractivity contribution is 14.1. The minimum absolute atomic E-state index is 0.394. The van der Waals surface area contributed by atoms with E-state index in [1.165, 1.54) is 7.11 Å². The van der Waals surface area contributed by atoms with Gasteiger partial charge >= 0.3 is 5.97 Å². The summed E-state index contributed by atoms with van der Waals surface area (Å²) in [6.07, 6.45) is 0. The SMILES string of the molecule is COc1ccc(C(=O)Oc2ccccc2OC)cc1I. The van der Waals surface area contributed by atoms with Crippen LogP contribution in [0.2, 0.25) is 0 Å². The standard InChI is InChI=1S/C15H13IO4/c1-18-12-8-7-10(9-11(12)16)15(17)20-14-6-4-3-5-13(14)19-2/h3-9H,1-2H3.